The molecule has 3 aromatic rings. The van der Waals surface area contributed by atoms with Gasteiger partial charge >= 0.3 is 5.97 Å². The maximum atomic E-state index is 11.1. The number of nitrogens with one attached hydrogen (secondary N) is 1. The molecule has 0 saturated carbocycles. The van der Waals surface area contributed by atoms with Crippen LogP contribution in [-0.4, -0.2) is 26.2 Å². The molecule has 110 valence electrons. The topological polar surface area (TPSA) is 109 Å². The van der Waals surface area contributed by atoms with Gasteiger partial charge in [-0.3, -0.25) is 15.2 Å². The van der Waals surface area contributed by atoms with Crippen LogP contribution in [0, 0.1) is 10.1 Å². The van der Waals surface area contributed by atoms with Crippen LogP contribution in [0.4, 0.5) is 5.69 Å². The van der Waals surface area contributed by atoms with E-state index in [-0.39, 0.29) is 16.3 Å². The summed E-state index contributed by atoms with van der Waals surface area (Å²) in [7, 11) is 0. The van der Waals surface area contributed by atoms with Crippen molar-refractivity contribution in [2.24, 2.45) is 0 Å². The molecule has 0 aliphatic heterocycles. The summed E-state index contributed by atoms with van der Waals surface area (Å²) in [5.41, 5.74) is 1.42. The fraction of sp³-hybridized carbons (Fsp3) is 0. The third-order valence-electron chi connectivity index (χ3n) is 3.23. The Morgan fingerprint density at radius 2 is 2.05 bits per heavy atom. The van der Waals surface area contributed by atoms with E-state index in [1.807, 2.05) is 0 Å². The minimum absolute atomic E-state index is 0.0276. The molecule has 0 fully saturated rings. The summed E-state index contributed by atoms with van der Waals surface area (Å²) in [6.45, 7) is 0. The average Bonchev–Trinajstić information content (AvgIpc) is 2.90. The van der Waals surface area contributed by atoms with Gasteiger partial charge in [0.1, 0.15) is 10.7 Å². The molecule has 2 aromatic carbocycles. The van der Waals surface area contributed by atoms with E-state index in [9.17, 15) is 14.9 Å². The molecule has 7 nitrogen and oxygen atoms in total. The number of H-pyrrole nitrogens is 1. The number of hydrogen-bond acceptors (Lipinski definition) is 4. The van der Waals surface area contributed by atoms with E-state index in [0.29, 0.717) is 22.2 Å². The first kappa shape index (κ1) is 14.0. The lowest BCUT2D eigenvalue weighted by Gasteiger charge is -2.01. The number of hydrogen-bond donors (Lipinski definition) is 2. The van der Waals surface area contributed by atoms with Gasteiger partial charge in [-0.2, -0.15) is 5.10 Å². The van der Waals surface area contributed by atoms with Gasteiger partial charge in [-0.05, 0) is 24.3 Å². The van der Waals surface area contributed by atoms with E-state index in [1.165, 1.54) is 24.3 Å². The number of aromatic nitrogens is 2. The van der Waals surface area contributed by atoms with Crippen molar-refractivity contribution in [2.45, 2.75) is 0 Å². The summed E-state index contributed by atoms with van der Waals surface area (Å²) in [6, 6.07) is 8.84. The highest BCUT2D eigenvalue weighted by molar-refractivity contribution is 6.32. The lowest BCUT2D eigenvalue weighted by Crippen LogP contribution is -1.95. The Balaban J connectivity index is 2.22. The number of aromatic carboxylic acids is 1. The number of halogens is 1. The maximum absolute atomic E-state index is 11.1. The molecular formula is C14H8ClN3O4. The number of benzene rings is 2. The van der Waals surface area contributed by atoms with Crippen molar-refractivity contribution in [3.8, 4) is 11.3 Å². The highest BCUT2D eigenvalue weighted by atomic mass is 35.5. The molecule has 0 aliphatic carbocycles. The maximum Gasteiger partial charge on any atom is 0.335 e. The summed E-state index contributed by atoms with van der Waals surface area (Å²) >= 11 is 5.79. The van der Waals surface area contributed by atoms with Crippen LogP contribution in [0.15, 0.2) is 36.4 Å². The number of carboxylic acid groups (broad SMARTS) is 1. The Kier molecular flexibility index (Phi) is 3.26. The molecule has 1 heterocycles. The molecule has 8 heteroatoms. The zero-order chi connectivity index (χ0) is 15.9. The predicted octanol–water partition coefficient (Wildman–Crippen LogP) is 3.49. The first-order valence-corrected chi connectivity index (χ1v) is 6.51. The average molecular weight is 318 g/mol. The quantitative estimate of drug-likeness (QED) is 0.567. The molecule has 1 aromatic heterocycles. The molecule has 0 saturated heterocycles. The van der Waals surface area contributed by atoms with Crippen LogP contribution >= 0.6 is 11.6 Å². The van der Waals surface area contributed by atoms with Gasteiger partial charge < -0.3 is 5.11 Å². The van der Waals surface area contributed by atoms with E-state index in [0.717, 1.165) is 0 Å². The van der Waals surface area contributed by atoms with E-state index >= 15 is 0 Å². The van der Waals surface area contributed by atoms with Gasteiger partial charge in [-0.25, -0.2) is 4.79 Å². The van der Waals surface area contributed by atoms with Gasteiger partial charge in [0.25, 0.3) is 5.69 Å². The zero-order valence-electron chi connectivity index (χ0n) is 10.9. The standard InChI is InChI=1S/C14H8ClN3O4/c15-10-3-1-7(6-12(10)18(21)22)13-9-5-8(14(19)20)2-4-11(9)16-17-13/h1-6H,(H,16,17)(H,19,20). The van der Waals surface area contributed by atoms with Crippen LogP contribution in [0.3, 0.4) is 0 Å². The van der Waals surface area contributed by atoms with Crippen LogP contribution in [0.1, 0.15) is 10.4 Å². The summed E-state index contributed by atoms with van der Waals surface area (Å²) in [5.74, 6) is -1.06. The second-order valence-electron chi connectivity index (χ2n) is 4.56. The molecule has 2 N–H and O–H groups in total. The Bertz CT molecular complexity index is 920. The lowest BCUT2D eigenvalue weighted by molar-refractivity contribution is -0.384. The SMILES string of the molecule is O=C(O)c1ccc2[nH]nc(-c3ccc(Cl)c([N+](=O)[O-])c3)c2c1. The van der Waals surface area contributed by atoms with Crippen LogP contribution in [0.5, 0.6) is 0 Å². The van der Waals surface area contributed by atoms with Crippen molar-refractivity contribution >= 4 is 34.2 Å². The van der Waals surface area contributed by atoms with Crippen molar-refractivity contribution < 1.29 is 14.8 Å². The molecule has 0 amide bonds. The van der Waals surface area contributed by atoms with Crippen molar-refractivity contribution in [3.63, 3.8) is 0 Å². The van der Waals surface area contributed by atoms with Gasteiger partial charge in [0.2, 0.25) is 0 Å². The normalized spacial score (nSPS) is 10.8. The number of nitro groups is 1. The molecule has 0 bridgehead atoms. The van der Waals surface area contributed by atoms with Gasteiger partial charge in [0, 0.05) is 17.0 Å². The molecule has 0 spiro atoms. The number of fused-ring (bicyclic) bond motifs is 1. The molecule has 0 atom stereocenters. The van der Waals surface area contributed by atoms with Crippen molar-refractivity contribution in [1.29, 1.82) is 0 Å². The lowest BCUT2D eigenvalue weighted by atomic mass is 10.1. The molecule has 0 aliphatic rings. The minimum Gasteiger partial charge on any atom is -0.478 e. The molecule has 22 heavy (non-hydrogen) atoms. The number of carboxylic acids is 1. The third kappa shape index (κ3) is 2.27. The number of rotatable bonds is 3. The smallest absolute Gasteiger partial charge is 0.335 e. The predicted molar refractivity (Wildman–Crippen MR) is 80.2 cm³/mol. The second-order valence-corrected chi connectivity index (χ2v) is 4.97. The van der Waals surface area contributed by atoms with E-state index in [4.69, 9.17) is 16.7 Å². The van der Waals surface area contributed by atoms with Crippen LogP contribution in [0.25, 0.3) is 22.2 Å². The number of carbonyl (C=O) groups is 1. The van der Waals surface area contributed by atoms with Gasteiger partial charge in [-0.15, -0.1) is 0 Å². The Morgan fingerprint density at radius 1 is 1.27 bits per heavy atom. The highest BCUT2D eigenvalue weighted by Gasteiger charge is 2.17. The number of nitrogens with zero attached hydrogens (tertiary/aromatic N) is 2. The van der Waals surface area contributed by atoms with E-state index in [2.05, 4.69) is 10.2 Å². The molecular weight excluding hydrogens is 310 g/mol. The van der Waals surface area contributed by atoms with Gasteiger partial charge in [0.15, 0.2) is 0 Å². The summed E-state index contributed by atoms with van der Waals surface area (Å²) in [4.78, 5) is 21.5. The van der Waals surface area contributed by atoms with E-state index in [1.54, 1.807) is 12.1 Å². The van der Waals surface area contributed by atoms with Crippen LogP contribution in [0.2, 0.25) is 5.02 Å². The first-order chi connectivity index (χ1) is 10.5. The zero-order valence-corrected chi connectivity index (χ0v) is 11.7. The Morgan fingerprint density at radius 3 is 2.73 bits per heavy atom. The minimum atomic E-state index is -1.06. The third-order valence-corrected chi connectivity index (χ3v) is 3.55. The fourth-order valence-corrected chi connectivity index (χ4v) is 2.35. The number of aromatic amines is 1. The van der Waals surface area contributed by atoms with Gasteiger partial charge in [0.05, 0.1) is 16.0 Å². The van der Waals surface area contributed by atoms with Gasteiger partial charge in [-0.1, -0.05) is 17.7 Å². The molecule has 0 radical (unpaired) electrons. The summed E-state index contributed by atoms with van der Waals surface area (Å²) in [6.07, 6.45) is 0. The number of nitro benzene ring substituents is 1. The van der Waals surface area contributed by atoms with Crippen molar-refractivity contribution in [3.05, 3.63) is 57.1 Å². The monoisotopic (exact) mass is 317 g/mol. The fourth-order valence-electron chi connectivity index (χ4n) is 2.17. The Hall–Kier alpha value is -2.93. The largest absolute Gasteiger partial charge is 0.478 e. The van der Waals surface area contributed by atoms with Crippen LogP contribution in [-0.2, 0) is 0 Å². The first-order valence-electron chi connectivity index (χ1n) is 6.13. The second kappa shape index (κ2) is 5.12. The van der Waals surface area contributed by atoms with Crippen molar-refractivity contribution in [2.75, 3.05) is 0 Å². The molecule has 0 unspecified atom stereocenters. The van der Waals surface area contributed by atoms with Crippen molar-refractivity contribution in [1.82, 2.24) is 10.2 Å². The van der Waals surface area contributed by atoms with Crippen LogP contribution < -0.4 is 0 Å². The van der Waals surface area contributed by atoms with E-state index < -0.39 is 10.9 Å². The highest BCUT2D eigenvalue weighted by Crippen LogP contribution is 2.33. The molecule has 3 rings (SSSR count). The summed E-state index contributed by atoms with van der Waals surface area (Å²) in [5, 5.41) is 27.5. The Labute approximate surface area is 128 Å². The summed E-state index contributed by atoms with van der Waals surface area (Å²) < 4.78 is 0.